The molecule has 0 spiro atoms. The summed E-state index contributed by atoms with van der Waals surface area (Å²) in [5.74, 6) is -1.57. The van der Waals surface area contributed by atoms with Crippen LogP contribution >= 0.6 is 0 Å². The van der Waals surface area contributed by atoms with Crippen LogP contribution in [0.2, 0.25) is 0 Å². The zero-order valence-electron chi connectivity index (χ0n) is 7.97. The van der Waals surface area contributed by atoms with Crippen molar-refractivity contribution in [1.29, 1.82) is 0 Å². The molecule has 0 fully saturated rings. The van der Waals surface area contributed by atoms with Gasteiger partial charge in [-0.3, -0.25) is 4.79 Å². The number of benzene rings is 1. The van der Waals surface area contributed by atoms with Crippen LogP contribution in [0, 0.1) is 0 Å². The molecule has 0 aliphatic rings. The highest BCUT2D eigenvalue weighted by molar-refractivity contribution is 7.90. The van der Waals surface area contributed by atoms with E-state index in [4.69, 9.17) is 5.11 Å². The van der Waals surface area contributed by atoms with Crippen molar-refractivity contribution in [3.8, 4) is 5.75 Å². The molecular formula is C9H10O5S. The molecule has 82 valence electrons. The lowest BCUT2D eigenvalue weighted by atomic mass is 10.1. The number of rotatable bonds is 3. The van der Waals surface area contributed by atoms with E-state index in [9.17, 15) is 18.3 Å². The largest absolute Gasteiger partial charge is 0.507 e. The van der Waals surface area contributed by atoms with Crippen LogP contribution in [-0.2, 0) is 21.1 Å². The number of carbonyl (C=O) groups is 1. The second-order valence-corrected chi connectivity index (χ2v) is 5.06. The quantitative estimate of drug-likeness (QED) is 0.785. The number of hydrogen-bond acceptors (Lipinski definition) is 4. The Morgan fingerprint density at radius 1 is 1.40 bits per heavy atom. The number of carboxylic acids is 1. The van der Waals surface area contributed by atoms with Crippen molar-refractivity contribution in [2.45, 2.75) is 11.3 Å². The predicted molar refractivity (Wildman–Crippen MR) is 52.6 cm³/mol. The molecule has 6 heteroatoms. The Morgan fingerprint density at radius 3 is 2.47 bits per heavy atom. The second-order valence-electron chi connectivity index (χ2n) is 3.11. The van der Waals surface area contributed by atoms with Crippen LogP contribution in [0.5, 0.6) is 5.75 Å². The monoisotopic (exact) mass is 230 g/mol. The number of aliphatic carboxylic acids is 1. The first-order valence-corrected chi connectivity index (χ1v) is 5.94. The molecule has 0 aliphatic heterocycles. The number of phenols is 1. The summed E-state index contributed by atoms with van der Waals surface area (Å²) in [7, 11) is -3.62. The van der Waals surface area contributed by atoms with Crippen LogP contribution in [0.4, 0.5) is 0 Å². The summed E-state index contributed by atoms with van der Waals surface area (Å²) in [5.41, 5.74) is 0.0880. The highest BCUT2D eigenvalue weighted by Crippen LogP contribution is 2.26. The van der Waals surface area contributed by atoms with Crippen LogP contribution in [0.25, 0.3) is 0 Å². The van der Waals surface area contributed by atoms with Crippen LogP contribution in [0.15, 0.2) is 23.1 Å². The van der Waals surface area contributed by atoms with Gasteiger partial charge in [-0.15, -0.1) is 0 Å². The molecule has 1 rings (SSSR count). The Hall–Kier alpha value is -1.56. The minimum Gasteiger partial charge on any atom is -0.507 e. The van der Waals surface area contributed by atoms with Crippen molar-refractivity contribution in [1.82, 2.24) is 0 Å². The fourth-order valence-electron chi connectivity index (χ4n) is 1.30. The van der Waals surface area contributed by atoms with Crippen LogP contribution in [0.3, 0.4) is 0 Å². The fourth-order valence-corrected chi connectivity index (χ4v) is 2.37. The van der Waals surface area contributed by atoms with Crippen molar-refractivity contribution in [3.63, 3.8) is 0 Å². The molecule has 1 aromatic carbocycles. The van der Waals surface area contributed by atoms with Gasteiger partial charge in [-0.1, -0.05) is 12.1 Å². The standard InChI is InChI=1S/C9H10O5S/c1-15(13,14)9-6(5-8(11)12)3-2-4-7(9)10/h2-4,10H,5H2,1H3,(H,11,12). The summed E-state index contributed by atoms with van der Waals surface area (Å²) < 4.78 is 22.6. The third kappa shape index (κ3) is 2.69. The maximum Gasteiger partial charge on any atom is 0.307 e. The summed E-state index contributed by atoms with van der Waals surface area (Å²) in [6.45, 7) is 0. The van der Waals surface area contributed by atoms with E-state index >= 15 is 0 Å². The Balaban J connectivity index is 3.40. The lowest BCUT2D eigenvalue weighted by molar-refractivity contribution is -0.136. The lowest BCUT2D eigenvalue weighted by Gasteiger charge is -2.07. The second kappa shape index (κ2) is 3.90. The van der Waals surface area contributed by atoms with Crippen LogP contribution < -0.4 is 0 Å². The summed E-state index contributed by atoms with van der Waals surface area (Å²) >= 11 is 0. The highest BCUT2D eigenvalue weighted by Gasteiger charge is 2.19. The first-order chi connectivity index (χ1) is 6.82. The zero-order chi connectivity index (χ0) is 11.6. The first-order valence-electron chi connectivity index (χ1n) is 4.05. The van der Waals surface area contributed by atoms with Gasteiger partial charge in [0, 0.05) is 6.26 Å². The molecule has 0 atom stereocenters. The third-order valence-electron chi connectivity index (χ3n) is 1.79. The van der Waals surface area contributed by atoms with Gasteiger partial charge in [0.15, 0.2) is 9.84 Å². The van der Waals surface area contributed by atoms with E-state index in [1.54, 1.807) is 0 Å². The van der Waals surface area contributed by atoms with Gasteiger partial charge >= 0.3 is 5.97 Å². The third-order valence-corrected chi connectivity index (χ3v) is 3.00. The molecule has 2 N–H and O–H groups in total. The predicted octanol–water partition coefficient (Wildman–Crippen LogP) is 0.423. The van der Waals surface area contributed by atoms with Crippen molar-refractivity contribution < 1.29 is 23.4 Å². The maximum absolute atomic E-state index is 11.3. The molecule has 0 saturated carbocycles. The molecule has 0 unspecified atom stereocenters. The van der Waals surface area contributed by atoms with E-state index < -0.39 is 28.0 Å². The van der Waals surface area contributed by atoms with E-state index in [1.807, 2.05) is 0 Å². The number of sulfone groups is 1. The van der Waals surface area contributed by atoms with Gasteiger partial charge in [0.2, 0.25) is 0 Å². The van der Waals surface area contributed by atoms with Crippen LogP contribution in [0.1, 0.15) is 5.56 Å². The fraction of sp³-hybridized carbons (Fsp3) is 0.222. The van der Waals surface area contributed by atoms with Crippen molar-refractivity contribution in [2.75, 3.05) is 6.26 Å². The molecule has 0 amide bonds. The minimum atomic E-state index is -3.62. The number of aromatic hydroxyl groups is 1. The van der Waals surface area contributed by atoms with Crippen molar-refractivity contribution in [2.24, 2.45) is 0 Å². The van der Waals surface area contributed by atoms with Gasteiger partial charge in [0.1, 0.15) is 10.6 Å². The Labute approximate surface area is 86.9 Å². The van der Waals surface area contributed by atoms with E-state index in [1.165, 1.54) is 18.2 Å². The molecule has 0 heterocycles. The smallest absolute Gasteiger partial charge is 0.307 e. The minimum absolute atomic E-state index is 0.0880. The Kier molecular flexibility index (Phi) is 2.99. The molecular weight excluding hydrogens is 220 g/mol. The van der Waals surface area contributed by atoms with E-state index in [-0.39, 0.29) is 10.5 Å². The molecule has 0 aromatic heterocycles. The molecule has 0 saturated heterocycles. The molecule has 5 nitrogen and oxygen atoms in total. The van der Waals surface area contributed by atoms with Gasteiger partial charge in [-0.25, -0.2) is 8.42 Å². The van der Waals surface area contributed by atoms with Crippen molar-refractivity contribution in [3.05, 3.63) is 23.8 Å². The van der Waals surface area contributed by atoms with Gasteiger partial charge in [0.25, 0.3) is 0 Å². The van der Waals surface area contributed by atoms with E-state index in [2.05, 4.69) is 0 Å². The molecule has 0 bridgehead atoms. The Bertz CT molecular complexity index is 489. The molecule has 0 radical (unpaired) electrons. The SMILES string of the molecule is CS(=O)(=O)c1c(O)cccc1CC(=O)O. The molecule has 15 heavy (non-hydrogen) atoms. The van der Waals surface area contributed by atoms with Gasteiger partial charge in [-0.2, -0.15) is 0 Å². The first kappa shape index (κ1) is 11.5. The summed E-state index contributed by atoms with van der Waals surface area (Å²) in [6, 6.07) is 3.98. The van der Waals surface area contributed by atoms with Crippen LogP contribution in [-0.4, -0.2) is 30.9 Å². The molecule has 1 aromatic rings. The zero-order valence-corrected chi connectivity index (χ0v) is 8.78. The average Bonchev–Trinajstić information content (AvgIpc) is 1.99. The summed E-state index contributed by atoms with van der Waals surface area (Å²) in [4.78, 5) is 10.2. The van der Waals surface area contributed by atoms with Gasteiger partial charge in [0.05, 0.1) is 6.42 Å². The van der Waals surface area contributed by atoms with Crippen molar-refractivity contribution >= 4 is 15.8 Å². The van der Waals surface area contributed by atoms with Gasteiger partial charge < -0.3 is 10.2 Å². The maximum atomic E-state index is 11.3. The normalized spacial score (nSPS) is 11.3. The van der Waals surface area contributed by atoms with E-state index in [0.29, 0.717) is 0 Å². The topological polar surface area (TPSA) is 91.7 Å². The highest BCUT2D eigenvalue weighted by atomic mass is 32.2. The van der Waals surface area contributed by atoms with Gasteiger partial charge in [-0.05, 0) is 11.6 Å². The number of hydrogen-bond donors (Lipinski definition) is 2. The summed E-state index contributed by atoms with van der Waals surface area (Å²) in [5, 5.41) is 17.9. The number of phenolic OH excluding ortho intramolecular Hbond substituents is 1. The lowest BCUT2D eigenvalue weighted by Crippen LogP contribution is -2.07. The Morgan fingerprint density at radius 2 is 2.00 bits per heavy atom. The number of carboxylic acid groups (broad SMARTS) is 1. The average molecular weight is 230 g/mol. The summed E-state index contributed by atoms with van der Waals surface area (Å²) in [6.07, 6.45) is 0.490. The molecule has 0 aliphatic carbocycles. The van der Waals surface area contributed by atoms with E-state index in [0.717, 1.165) is 6.26 Å².